The number of nitrogen functional groups attached to an aromatic ring is 1. The molecule has 1 fully saturated rings. The van der Waals surface area contributed by atoms with Crippen molar-refractivity contribution in [2.24, 2.45) is 5.92 Å². The molecule has 0 bridgehead atoms. The first-order valence-corrected chi connectivity index (χ1v) is 13.6. The SMILES string of the molecule is CC(C)COc1cc(F)cc(-c2ccc(C(=O)NS(=O)(=O)c3cccc(N)n3)c(OC3CCOCC3)n2)c1.[HH].[HH].[HH]. The van der Waals surface area contributed by atoms with E-state index in [0.29, 0.717) is 49.7 Å². The van der Waals surface area contributed by atoms with E-state index in [4.69, 9.17) is 19.9 Å². The lowest BCUT2D eigenvalue weighted by atomic mass is 10.1. The van der Waals surface area contributed by atoms with E-state index < -0.39 is 26.8 Å². The maximum absolute atomic E-state index is 14.4. The first kappa shape index (κ1) is 27.3. The van der Waals surface area contributed by atoms with E-state index in [2.05, 4.69) is 9.97 Å². The van der Waals surface area contributed by atoms with Crippen molar-refractivity contribution in [3.05, 3.63) is 59.9 Å². The smallest absolute Gasteiger partial charge is 0.281 e. The minimum atomic E-state index is -4.33. The summed E-state index contributed by atoms with van der Waals surface area (Å²) >= 11 is 0. The van der Waals surface area contributed by atoms with Gasteiger partial charge in [-0.15, -0.1) is 0 Å². The molecule has 0 radical (unpaired) electrons. The van der Waals surface area contributed by atoms with E-state index in [-0.39, 0.29) is 33.6 Å². The van der Waals surface area contributed by atoms with E-state index in [1.54, 1.807) is 6.07 Å². The lowest BCUT2D eigenvalue weighted by Crippen LogP contribution is -2.33. The summed E-state index contributed by atoms with van der Waals surface area (Å²) in [5, 5.41) is -0.406. The van der Waals surface area contributed by atoms with Crippen molar-refractivity contribution in [2.45, 2.75) is 37.8 Å². The number of hydrogen-bond donors (Lipinski definition) is 2. The van der Waals surface area contributed by atoms with Gasteiger partial charge in [-0.05, 0) is 42.3 Å². The van der Waals surface area contributed by atoms with Gasteiger partial charge in [-0.2, -0.15) is 8.42 Å². The first-order valence-electron chi connectivity index (χ1n) is 12.1. The standard InChI is InChI=1S/C26H29FN4O6S.3H2/c1-16(2)15-36-20-13-17(12-18(27)14-20)22-7-6-21(26(29-22)37-19-8-10-35-11-9-19)25(32)31-38(33,34)24-5-3-4-23(28)30-24;;;/h3-7,12-14,16,19H,8-11,15H2,1-2H3,(H2,28,30)(H,31,32);3*1H. The summed E-state index contributed by atoms with van der Waals surface area (Å²) in [7, 11) is -4.33. The van der Waals surface area contributed by atoms with Crippen LogP contribution in [0.3, 0.4) is 0 Å². The molecule has 1 aliphatic rings. The van der Waals surface area contributed by atoms with Crippen LogP contribution < -0.4 is 19.9 Å². The van der Waals surface area contributed by atoms with Gasteiger partial charge in [-0.25, -0.2) is 19.1 Å². The zero-order valence-electron chi connectivity index (χ0n) is 21.0. The Hall–Kier alpha value is -3.77. The van der Waals surface area contributed by atoms with Crippen LogP contribution in [0.1, 0.15) is 41.3 Å². The van der Waals surface area contributed by atoms with E-state index in [9.17, 15) is 17.6 Å². The molecule has 0 saturated carbocycles. The van der Waals surface area contributed by atoms with Crippen LogP contribution in [-0.2, 0) is 14.8 Å². The van der Waals surface area contributed by atoms with Gasteiger partial charge in [0.1, 0.15) is 29.1 Å². The number of carbonyl (C=O) groups is 1. The second-order valence-corrected chi connectivity index (χ2v) is 10.8. The number of nitrogens with zero attached hydrogens (tertiary/aromatic N) is 2. The summed E-state index contributed by atoms with van der Waals surface area (Å²) in [6, 6.07) is 11.1. The number of sulfonamides is 1. The van der Waals surface area contributed by atoms with Crippen molar-refractivity contribution < 1.29 is 36.1 Å². The maximum Gasteiger partial charge on any atom is 0.281 e. The molecule has 1 aromatic carbocycles. The monoisotopic (exact) mass is 550 g/mol. The second kappa shape index (κ2) is 11.7. The average Bonchev–Trinajstić information content (AvgIpc) is 2.87. The van der Waals surface area contributed by atoms with E-state index in [1.807, 2.05) is 18.6 Å². The van der Waals surface area contributed by atoms with Crippen LogP contribution in [0.15, 0.2) is 53.6 Å². The zero-order valence-corrected chi connectivity index (χ0v) is 21.8. The maximum atomic E-state index is 14.4. The van der Waals surface area contributed by atoms with Gasteiger partial charge < -0.3 is 19.9 Å². The van der Waals surface area contributed by atoms with Gasteiger partial charge >= 0.3 is 0 Å². The van der Waals surface area contributed by atoms with E-state index >= 15 is 0 Å². The molecule has 208 valence electrons. The molecule has 1 saturated heterocycles. The third kappa shape index (κ3) is 6.95. The molecule has 3 aromatic rings. The molecule has 0 unspecified atom stereocenters. The van der Waals surface area contributed by atoms with Gasteiger partial charge in [0.25, 0.3) is 15.9 Å². The molecule has 2 aromatic heterocycles. The number of hydrogen-bond acceptors (Lipinski definition) is 9. The number of ether oxygens (including phenoxy) is 3. The lowest BCUT2D eigenvalue weighted by molar-refractivity contribution is 0.0234. The molecular formula is C26H35FN4O6S. The Bertz CT molecular complexity index is 1430. The number of aromatic nitrogens is 2. The summed E-state index contributed by atoms with van der Waals surface area (Å²) in [6.45, 7) is 5.32. The fourth-order valence-electron chi connectivity index (χ4n) is 3.68. The quantitative estimate of drug-likeness (QED) is 0.398. The van der Waals surface area contributed by atoms with Crippen LogP contribution in [-0.4, -0.2) is 50.2 Å². The van der Waals surface area contributed by atoms with Crippen LogP contribution in [0.4, 0.5) is 10.2 Å². The van der Waals surface area contributed by atoms with Crippen molar-refractivity contribution in [3.63, 3.8) is 0 Å². The average molecular weight is 551 g/mol. The molecule has 3 heterocycles. The van der Waals surface area contributed by atoms with Gasteiger partial charge in [0, 0.05) is 28.8 Å². The molecule has 4 rings (SSSR count). The van der Waals surface area contributed by atoms with Gasteiger partial charge in [-0.1, -0.05) is 19.9 Å². The van der Waals surface area contributed by atoms with Crippen molar-refractivity contribution in [3.8, 4) is 22.9 Å². The molecule has 3 N–H and O–H groups in total. The molecule has 0 atom stereocenters. The molecule has 10 nitrogen and oxygen atoms in total. The molecule has 0 spiro atoms. The molecule has 12 heteroatoms. The minimum absolute atomic E-state index is 0. The number of rotatable bonds is 9. The van der Waals surface area contributed by atoms with Crippen molar-refractivity contribution in [1.29, 1.82) is 0 Å². The van der Waals surface area contributed by atoms with Crippen LogP contribution in [0.2, 0.25) is 0 Å². The summed E-state index contributed by atoms with van der Waals surface area (Å²) < 4.78 is 59.0. The predicted octanol–water partition coefficient (Wildman–Crippen LogP) is 4.31. The van der Waals surface area contributed by atoms with Gasteiger partial charge in [0.15, 0.2) is 5.03 Å². The van der Waals surface area contributed by atoms with Gasteiger partial charge in [0.2, 0.25) is 5.88 Å². The third-order valence-electron chi connectivity index (χ3n) is 5.55. The zero-order chi connectivity index (χ0) is 27.3. The van der Waals surface area contributed by atoms with E-state index in [1.165, 1.54) is 42.5 Å². The number of nitrogens with one attached hydrogen (secondary N) is 1. The number of carbonyl (C=O) groups excluding carboxylic acids is 1. The number of amides is 1. The second-order valence-electron chi connectivity index (χ2n) is 9.19. The highest BCUT2D eigenvalue weighted by molar-refractivity contribution is 7.90. The molecular weight excluding hydrogens is 515 g/mol. The van der Waals surface area contributed by atoms with E-state index in [0.717, 1.165) is 0 Å². The number of benzene rings is 1. The number of pyridine rings is 2. The highest BCUT2D eigenvalue weighted by Crippen LogP contribution is 2.29. The van der Waals surface area contributed by atoms with Crippen molar-refractivity contribution in [2.75, 3.05) is 25.6 Å². The molecule has 1 aliphatic heterocycles. The lowest BCUT2D eigenvalue weighted by Gasteiger charge is -2.24. The fourth-order valence-corrected chi connectivity index (χ4v) is 4.62. The summed E-state index contributed by atoms with van der Waals surface area (Å²) in [6.07, 6.45) is 0.819. The Balaban J connectivity index is 0.00000280. The summed E-state index contributed by atoms with van der Waals surface area (Å²) in [4.78, 5) is 21.4. The van der Waals surface area contributed by atoms with Gasteiger partial charge in [0.05, 0.1) is 25.5 Å². The first-order chi connectivity index (χ1) is 18.1. The molecule has 38 heavy (non-hydrogen) atoms. The molecule has 1 amide bonds. The third-order valence-corrected chi connectivity index (χ3v) is 6.78. The number of halogens is 1. The predicted molar refractivity (Wildman–Crippen MR) is 144 cm³/mol. The van der Waals surface area contributed by atoms with Gasteiger partial charge in [-0.3, -0.25) is 4.79 Å². The Morgan fingerprint density at radius 3 is 2.66 bits per heavy atom. The van der Waals surface area contributed by atoms with Crippen molar-refractivity contribution >= 4 is 21.7 Å². The van der Waals surface area contributed by atoms with Crippen LogP contribution in [0.25, 0.3) is 11.3 Å². The number of nitrogens with two attached hydrogens (primary N) is 1. The highest BCUT2D eigenvalue weighted by atomic mass is 32.2. The minimum Gasteiger partial charge on any atom is -0.493 e. The Morgan fingerprint density at radius 1 is 1.18 bits per heavy atom. The molecule has 0 aliphatic carbocycles. The van der Waals surface area contributed by atoms with Crippen LogP contribution in [0, 0.1) is 11.7 Å². The largest absolute Gasteiger partial charge is 0.493 e. The fraction of sp³-hybridized carbons (Fsp3) is 0.346. The normalized spacial score (nSPS) is 14.3. The van der Waals surface area contributed by atoms with Crippen molar-refractivity contribution in [1.82, 2.24) is 14.7 Å². The topological polar surface area (TPSA) is 143 Å². The summed E-state index contributed by atoms with van der Waals surface area (Å²) in [5.74, 6) is -0.993. The highest BCUT2D eigenvalue weighted by Gasteiger charge is 2.26. The van der Waals surface area contributed by atoms with Crippen LogP contribution >= 0.6 is 0 Å². The summed E-state index contributed by atoms with van der Waals surface area (Å²) in [5.41, 5.74) is 6.20. The Labute approximate surface area is 224 Å². The van der Waals surface area contributed by atoms with Crippen LogP contribution in [0.5, 0.6) is 11.6 Å². The Kier molecular flexibility index (Phi) is 8.42. The number of anilines is 1. The Morgan fingerprint density at radius 2 is 1.95 bits per heavy atom.